The van der Waals surface area contributed by atoms with Gasteiger partial charge in [0.25, 0.3) is 5.91 Å². The lowest BCUT2D eigenvalue weighted by Gasteiger charge is -2.13. The molecule has 1 amide bonds. The van der Waals surface area contributed by atoms with Crippen LogP contribution in [0.15, 0.2) is 18.2 Å². The van der Waals surface area contributed by atoms with Crippen molar-refractivity contribution in [1.29, 1.82) is 0 Å². The highest BCUT2D eigenvalue weighted by molar-refractivity contribution is 5.98. The van der Waals surface area contributed by atoms with Crippen LogP contribution in [-0.4, -0.2) is 23.0 Å². The van der Waals surface area contributed by atoms with Gasteiger partial charge in [-0.2, -0.15) is 0 Å². The van der Waals surface area contributed by atoms with Gasteiger partial charge in [-0.05, 0) is 31.0 Å². The van der Waals surface area contributed by atoms with Gasteiger partial charge in [0, 0.05) is 12.0 Å². The Morgan fingerprint density at radius 1 is 1.44 bits per heavy atom. The molecule has 1 aromatic rings. The van der Waals surface area contributed by atoms with Crippen LogP contribution in [-0.2, 0) is 4.79 Å². The molecular formula is C14H15NO3. The molecule has 0 saturated heterocycles. The van der Waals surface area contributed by atoms with E-state index in [1.807, 2.05) is 19.9 Å². The Morgan fingerprint density at radius 2 is 2.11 bits per heavy atom. The number of carboxylic acids is 1. The second kappa shape index (κ2) is 5.87. The first-order valence-corrected chi connectivity index (χ1v) is 5.50. The van der Waals surface area contributed by atoms with Crippen molar-refractivity contribution in [3.05, 3.63) is 34.9 Å². The van der Waals surface area contributed by atoms with Gasteiger partial charge in [0.05, 0.1) is 0 Å². The van der Waals surface area contributed by atoms with E-state index in [2.05, 4.69) is 11.2 Å². The Kier molecular flexibility index (Phi) is 4.50. The highest BCUT2D eigenvalue weighted by atomic mass is 16.4. The fourth-order valence-corrected chi connectivity index (χ4v) is 1.55. The molecule has 1 aromatic carbocycles. The third-order valence-corrected chi connectivity index (χ3v) is 2.77. The maximum absolute atomic E-state index is 12.0. The fraction of sp³-hybridized carbons (Fsp3) is 0.286. The number of hydrogen-bond acceptors (Lipinski definition) is 2. The van der Waals surface area contributed by atoms with Gasteiger partial charge in [0.1, 0.15) is 6.04 Å². The molecule has 4 heteroatoms. The summed E-state index contributed by atoms with van der Waals surface area (Å²) in [7, 11) is 0. The third-order valence-electron chi connectivity index (χ3n) is 2.77. The van der Waals surface area contributed by atoms with E-state index < -0.39 is 17.9 Å². The standard InChI is InChI=1S/C14H15NO3/c1-4-6-12(14(17)18)15-13(16)11-8-5-7-9(2)10(11)3/h1,5,7-8,12H,6H2,2-3H3,(H,15,16)(H,17,18). The molecule has 2 N–H and O–H groups in total. The van der Waals surface area contributed by atoms with Crippen molar-refractivity contribution >= 4 is 11.9 Å². The van der Waals surface area contributed by atoms with Crippen LogP contribution in [0, 0.1) is 26.2 Å². The number of terminal acetylenes is 1. The molecule has 1 rings (SSSR count). The van der Waals surface area contributed by atoms with Crippen LogP contribution < -0.4 is 5.32 Å². The Morgan fingerprint density at radius 3 is 2.67 bits per heavy atom. The summed E-state index contributed by atoms with van der Waals surface area (Å²) >= 11 is 0. The normalized spacial score (nSPS) is 11.4. The van der Waals surface area contributed by atoms with Gasteiger partial charge in [0.15, 0.2) is 0 Å². The summed E-state index contributed by atoms with van der Waals surface area (Å²) in [4.78, 5) is 22.9. The van der Waals surface area contributed by atoms with Gasteiger partial charge in [-0.25, -0.2) is 4.79 Å². The minimum absolute atomic E-state index is 0.0358. The van der Waals surface area contributed by atoms with E-state index in [1.54, 1.807) is 12.1 Å². The number of benzene rings is 1. The maximum atomic E-state index is 12.0. The topological polar surface area (TPSA) is 66.4 Å². The molecule has 0 aliphatic carbocycles. The van der Waals surface area contributed by atoms with E-state index in [9.17, 15) is 9.59 Å². The van der Waals surface area contributed by atoms with E-state index in [0.717, 1.165) is 11.1 Å². The van der Waals surface area contributed by atoms with Crippen molar-refractivity contribution in [3.8, 4) is 12.3 Å². The molecular weight excluding hydrogens is 230 g/mol. The lowest BCUT2D eigenvalue weighted by atomic mass is 10.0. The van der Waals surface area contributed by atoms with Gasteiger partial charge >= 0.3 is 5.97 Å². The predicted molar refractivity (Wildman–Crippen MR) is 68.3 cm³/mol. The molecule has 0 spiro atoms. The summed E-state index contributed by atoms with van der Waals surface area (Å²) in [5.41, 5.74) is 2.28. The molecule has 0 aliphatic rings. The van der Waals surface area contributed by atoms with Gasteiger partial charge in [0.2, 0.25) is 0 Å². The SMILES string of the molecule is C#CCC(NC(=O)c1cccc(C)c1C)C(=O)O. The van der Waals surface area contributed by atoms with Gasteiger partial charge in [-0.3, -0.25) is 4.79 Å². The molecule has 0 aliphatic heterocycles. The molecule has 18 heavy (non-hydrogen) atoms. The Bertz CT molecular complexity index is 514. The Labute approximate surface area is 106 Å². The highest BCUT2D eigenvalue weighted by Gasteiger charge is 2.20. The lowest BCUT2D eigenvalue weighted by molar-refractivity contribution is -0.139. The first-order chi connectivity index (χ1) is 8.47. The molecule has 1 atom stereocenters. The number of nitrogens with one attached hydrogen (secondary N) is 1. The lowest BCUT2D eigenvalue weighted by Crippen LogP contribution is -2.40. The number of carbonyl (C=O) groups excluding carboxylic acids is 1. The summed E-state index contributed by atoms with van der Waals surface area (Å²) in [6.45, 7) is 3.71. The molecule has 0 aromatic heterocycles. The van der Waals surface area contributed by atoms with Crippen molar-refractivity contribution in [2.75, 3.05) is 0 Å². The maximum Gasteiger partial charge on any atom is 0.327 e. The second-order valence-corrected chi connectivity index (χ2v) is 4.02. The van der Waals surface area contributed by atoms with Crippen molar-refractivity contribution in [1.82, 2.24) is 5.32 Å². The fourth-order valence-electron chi connectivity index (χ4n) is 1.55. The van der Waals surface area contributed by atoms with Crippen molar-refractivity contribution in [3.63, 3.8) is 0 Å². The average Bonchev–Trinajstić information content (AvgIpc) is 2.31. The first-order valence-electron chi connectivity index (χ1n) is 5.50. The predicted octanol–water partition coefficient (Wildman–Crippen LogP) is 1.51. The van der Waals surface area contributed by atoms with E-state index in [4.69, 9.17) is 11.5 Å². The van der Waals surface area contributed by atoms with Crippen LogP contribution in [0.1, 0.15) is 27.9 Å². The van der Waals surface area contributed by atoms with Crippen LogP contribution >= 0.6 is 0 Å². The number of carboxylic acid groups (broad SMARTS) is 1. The average molecular weight is 245 g/mol. The number of rotatable bonds is 4. The molecule has 0 fully saturated rings. The van der Waals surface area contributed by atoms with Crippen LogP contribution in [0.2, 0.25) is 0 Å². The zero-order chi connectivity index (χ0) is 13.7. The zero-order valence-corrected chi connectivity index (χ0v) is 10.4. The molecule has 0 radical (unpaired) electrons. The minimum atomic E-state index is -1.13. The number of hydrogen-bond donors (Lipinski definition) is 2. The number of amides is 1. The molecule has 0 bridgehead atoms. The Hall–Kier alpha value is -2.28. The van der Waals surface area contributed by atoms with Crippen LogP contribution in [0.4, 0.5) is 0 Å². The quantitative estimate of drug-likeness (QED) is 0.790. The highest BCUT2D eigenvalue weighted by Crippen LogP contribution is 2.12. The summed E-state index contributed by atoms with van der Waals surface area (Å²) in [6, 6.07) is 4.26. The van der Waals surface area contributed by atoms with Gasteiger partial charge in [-0.1, -0.05) is 12.1 Å². The van der Waals surface area contributed by atoms with E-state index in [1.165, 1.54) is 0 Å². The smallest absolute Gasteiger partial charge is 0.327 e. The summed E-state index contributed by atoms with van der Waals surface area (Å²) in [5, 5.41) is 11.3. The van der Waals surface area contributed by atoms with Crippen LogP contribution in [0.3, 0.4) is 0 Å². The van der Waals surface area contributed by atoms with Crippen LogP contribution in [0.25, 0.3) is 0 Å². The largest absolute Gasteiger partial charge is 0.480 e. The van der Waals surface area contributed by atoms with Gasteiger partial charge < -0.3 is 10.4 Å². The number of aliphatic carboxylic acids is 1. The monoisotopic (exact) mass is 245 g/mol. The van der Waals surface area contributed by atoms with E-state index in [-0.39, 0.29) is 6.42 Å². The minimum Gasteiger partial charge on any atom is -0.480 e. The molecule has 94 valence electrons. The van der Waals surface area contributed by atoms with Crippen molar-refractivity contribution in [2.24, 2.45) is 0 Å². The summed E-state index contributed by atoms with van der Waals surface area (Å²) in [6.07, 6.45) is 5.04. The summed E-state index contributed by atoms with van der Waals surface area (Å²) < 4.78 is 0. The number of carbonyl (C=O) groups is 2. The first kappa shape index (κ1) is 13.8. The molecule has 1 unspecified atom stereocenters. The van der Waals surface area contributed by atoms with Crippen molar-refractivity contribution in [2.45, 2.75) is 26.3 Å². The second-order valence-electron chi connectivity index (χ2n) is 4.02. The van der Waals surface area contributed by atoms with E-state index in [0.29, 0.717) is 5.56 Å². The molecule has 4 nitrogen and oxygen atoms in total. The third kappa shape index (κ3) is 3.11. The molecule has 0 heterocycles. The Balaban J connectivity index is 2.91. The zero-order valence-electron chi connectivity index (χ0n) is 10.4. The van der Waals surface area contributed by atoms with E-state index >= 15 is 0 Å². The van der Waals surface area contributed by atoms with Crippen molar-refractivity contribution < 1.29 is 14.7 Å². The number of aryl methyl sites for hydroxylation is 1. The molecule has 0 saturated carbocycles. The van der Waals surface area contributed by atoms with Gasteiger partial charge in [-0.15, -0.1) is 12.3 Å². The van der Waals surface area contributed by atoms with Crippen LogP contribution in [0.5, 0.6) is 0 Å². The summed E-state index contributed by atoms with van der Waals surface area (Å²) in [5.74, 6) is 0.686.